The van der Waals surface area contributed by atoms with E-state index < -0.39 is 6.29 Å². The van der Waals surface area contributed by atoms with Crippen LogP contribution in [0.15, 0.2) is 42.5 Å². The second kappa shape index (κ2) is 7.29. The third-order valence-electron chi connectivity index (χ3n) is 4.85. The maximum atomic E-state index is 13.1. The molecule has 0 saturated carbocycles. The molecule has 0 aromatic heterocycles. The summed E-state index contributed by atoms with van der Waals surface area (Å²) >= 11 is 0. The van der Waals surface area contributed by atoms with Gasteiger partial charge in [-0.15, -0.1) is 0 Å². The highest BCUT2D eigenvalue weighted by Gasteiger charge is 2.32. The zero-order valence-corrected chi connectivity index (χ0v) is 14.5. The van der Waals surface area contributed by atoms with Gasteiger partial charge in [0.25, 0.3) is 0 Å². The van der Waals surface area contributed by atoms with Crippen LogP contribution in [0.1, 0.15) is 34.3 Å². The number of benzene rings is 2. The van der Waals surface area contributed by atoms with Crippen molar-refractivity contribution in [2.45, 2.75) is 32.5 Å². The number of ether oxygens (including phenoxy) is 2. The van der Waals surface area contributed by atoms with Crippen molar-refractivity contribution in [1.29, 1.82) is 0 Å². The molecule has 0 radical (unpaired) electrons. The van der Waals surface area contributed by atoms with Gasteiger partial charge in [0.1, 0.15) is 0 Å². The van der Waals surface area contributed by atoms with E-state index >= 15 is 0 Å². The van der Waals surface area contributed by atoms with Gasteiger partial charge in [0.15, 0.2) is 12.1 Å². The smallest absolute Gasteiger partial charge is 0.171 e. The summed E-state index contributed by atoms with van der Waals surface area (Å²) in [5, 5.41) is 0. The first kappa shape index (κ1) is 16.9. The van der Waals surface area contributed by atoms with E-state index in [0.717, 1.165) is 41.5 Å². The van der Waals surface area contributed by atoms with Crippen molar-refractivity contribution < 1.29 is 14.3 Å². The van der Waals surface area contributed by atoms with Gasteiger partial charge < -0.3 is 9.47 Å². The molecule has 2 aromatic carbocycles. The van der Waals surface area contributed by atoms with E-state index in [9.17, 15) is 4.79 Å². The topological polar surface area (TPSA) is 35.5 Å². The first-order valence-corrected chi connectivity index (χ1v) is 8.44. The Hall–Kier alpha value is -1.97. The average molecular weight is 324 g/mol. The van der Waals surface area contributed by atoms with Crippen molar-refractivity contribution >= 4 is 5.78 Å². The van der Waals surface area contributed by atoms with Crippen LogP contribution in [-0.2, 0) is 15.9 Å². The molecular weight excluding hydrogens is 300 g/mol. The van der Waals surface area contributed by atoms with E-state index in [2.05, 4.69) is 43.3 Å². The Morgan fingerprint density at radius 3 is 2.33 bits per heavy atom. The van der Waals surface area contributed by atoms with Gasteiger partial charge >= 0.3 is 0 Å². The number of carbonyl (C=O) groups is 1. The Kier molecular flexibility index (Phi) is 5.12. The predicted octanol–water partition coefficient (Wildman–Crippen LogP) is 4.42. The zero-order valence-electron chi connectivity index (χ0n) is 14.5. The van der Waals surface area contributed by atoms with Crippen LogP contribution in [-0.4, -0.2) is 26.3 Å². The largest absolute Gasteiger partial charge is 0.355 e. The van der Waals surface area contributed by atoms with E-state index in [1.54, 1.807) is 14.2 Å². The molecule has 3 heteroatoms. The van der Waals surface area contributed by atoms with Crippen LogP contribution >= 0.6 is 0 Å². The molecular formula is C21H24O3. The number of aryl methyl sites for hydroxylation is 2. The summed E-state index contributed by atoms with van der Waals surface area (Å²) in [5.74, 6) is -0.111. The fraction of sp³-hybridized carbons (Fsp3) is 0.381. The highest BCUT2D eigenvalue weighted by Crippen LogP contribution is 2.31. The minimum atomic E-state index is -0.480. The third-order valence-corrected chi connectivity index (χ3v) is 4.85. The van der Waals surface area contributed by atoms with E-state index in [0.29, 0.717) is 0 Å². The molecule has 1 atom stereocenters. The first-order valence-electron chi connectivity index (χ1n) is 8.44. The molecule has 0 fully saturated rings. The van der Waals surface area contributed by atoms with Crippen molar-refractivity contribution in [1.82, 2.24) is 0 Å². The summed E-state index contributed by atoms with van der Waals surface area (Å²) in [4.78, 5) is 13.1. The van der Waals surface area contributed by atoms with Crippen LogP contribution in [0, 0.1) is 12.8 Å². The lowest BCUT2D eigenvalue weighted by Crippen LogP contribution is -2.31. The highest BCUT2D eigenvalue weighted by molar-refractivity contribution is 6.00. The summed E-state index contributed by atoms with van der Waals surface area (Å²) in [6.45, 7) is 2.07. The summed E-state index contributed by atoms with van der Waals surface area (Å²) < 4.78 is 10.7. The molecule has 0 heterocycles. The van der Waals surface area contributed by atoms with Crippen LogP contribution in [0.2, 0.25) is 0 Å². The van der Waals surface area contributed by atoms with Gasteiger partial charge in [-0.2, -0.15) is 0 Å². The van der Waals surface area contributed by atoms with Crippen molar-refractivity contribution in [3.8, 4) is 11.1 Å². The van der Waals surface area contributed by atoms with Gasteiger partial charge in [-0.05, 0) is 48.9 Å². The quantitative estimate of drug-likeness (QED) is 0.617. The van der Waals surface area contributed by atoms with Crippen LogP contribution in [0.25, 0.3) is 11.1 Å². The number of rotatable bonds is 4. The number of hydrogen-bond donors (Lipinski definition) is 0. The number of hydrogen-bond acceptors (Lipinski definition) is 3. The van der Waals surface area contributed by atoms with E-state index in [1.165, 1.54) is 5.56 Å². The van der Waals surface area contributed by atoms with Crippen LogP contribution in [0.4, 0.5) is 0 Å². The summed E-state index contributed by atoms with van der Waals surface area (Å²) in [6.07, 6.45) is 2.20. The molecule has 0 N–H and O–H groups in total. The number of fused-ring (bicyclic) bond motifs is 1. The molecule has 3 nitrogen and oxygen atoms in total. The maximum absolute atomic E-state index is 13.1. The Bertz CT molecular complexity index is 714. The molecule has 24 heavy (non-hydrogen) atoms. The van der Waals surface area contributed by atoms with Crippen molar-refractivity contribution in [3.05, 3.63) is 59.2 Å². The lowest BCUT2D eigenvalue weighted by Gasteiger charge is -2.22. The number of Topliss-reactive ketones (excluding diaryl/α,β-unsaturated/α-hetero) is 1. The second-order valence-electron chi connectivity index (χ2n) is 6.44. The first-order chi connectivity index (χ1) is 11.6. The molecule has 1 unspecified atom stereocenters. The van der Waals surface area contributed by atoms with E-state index in [-0.39, 0.29) is 11.7 Å². The van der Waals surface area contributed by atoms with Crippen LogP contribution in [0.5, 0.6) is 0 Å². The molecule has 0 aliphatic heterocycles. The van der Waals surface area contributed by atoms with Gasteiger partial charge in [-0.3, -0.25) is 4.79 Å². The van der Waals surface area contributed by atoms with E-state index in [1.807, 2.05) is 6.07 Å². The standard InChI is InChI=1S/C21H24O3/c1-14-7-9-15(10-8-14)17-12-11-16-5-4-6-18(21(23-2)24-3)20(22)19(16)13-17/h7-13,18,21H,4-6H2,1-3H3. The highest BCUT2D eigenvalue weighted by atomic mass is 16.7. The zero-order chi connectivity index (χ0) is 17.1. The van der Waals surface area contributed by atoms with Crippen molar-refractivity contribution in [2.75, 3.05) is 14.2 Å². The Morgan fingerprint density at radius 1 is 1.00 bits per heavy atom. The summed E-state index contributed by atoms with van der Waals surface area (Å²) in [6, 6.07) is 14.6. The molecule has 0 amide bonds. The molecule has 0 spiro atoms. The number of ketones is 1. The number of carbonyl (C=O) groups excluding carboxylic acids is 1. The van der Waals surface area contributed by atoms with Gasteiger partial charge in [-0.1, -0.05) is 42.0 Å². The molecule has 1 aliphatic rings. The molecule has 0 saturated heterocycles. The number of methoxy groups -OCH3 is 2. The fourth-order valence-electron chi connectivity index (χ4n) is 3.48. The van der Waals surface area contributed by atoms with Crippen LogP contribution < -0.4 is 0 Å². The van der Waals surface area contributed by atoms with Gasteiger partial charge in [0, 0.05) is 19.8 Å². The molecule has 1 aliphatic carbocycles. The molecule has 0 bridgehead atoms. The van der Waals surface area contributed by atoms with Crippen molar-refractivity contribution in [2.24, 2.45) is 5.92 Å². The monoisotopic (exact) mass is 324 g/mol. The Labute approximate surface area is 143 Å². The maximum Gasteiger partial charge on any atom is 0.171 e. The second-order valence-corrected chi connectivity index (χ2v) is 6.44. The average Bonchev–Trinajstić information content (AvgIpc) is 2.76. The summed E-state index contributed by atoms with van der Waals surface area (Å²) in [7, 11) is 3.19. The normalized spacial score (nSPS) is 17.7. The van der Waals surface area contributed by atoms with Gasteiger partial charge in [-0.25, -0.2) is 0 Å². The lowest BCUT2D eigenvalue weighted by molar-refractivity contribution is -0.128. The molecule has 3 rings (SSSR count). The Balaban J connectivity index is 1.99. The van der Waals surface area contributed by atoms with Crippen molar-refractivity contribution in [3.63, 3.8) is 0 Å². The SMILES string of the molecule is COC(OC)C1CCCc2ccc(-c3ccc(C)cc3)cc2C1=O. The van der Waals surface area contributed by atoms with Gasteiger partial charge in [0.05, 0.1) is 5.92 Å². The summed E-state index contributed by atoms with van der Waals surface area (Å²) in [5.41, 5.74) is 5.38. The minimum Gasteiger partial charge on any atom is -0.355 e. The lowest BCUT2D eigenvalue weighted by atomic mass is 9.91. The fourth-order valence-corrected chi connectivity index (χ4v) is 3.48. The Morgan fingerprint density at radius 2 is 1.67 bits per heavy atom. The molecule has 126 valence electrons. The third kappa shape index (κ3) is 3.28. The minimum absolute atomic E-state index is 0.130. The van der Waals surface area contributed by atoms with Gasteiger partial charge in [0.2, 0.25) is 0 Å². The van der Waals surface area contributed by atoms with E-state index in [4.69, 9.17) is 9.47 Å². The van der Waals surface area contributed by atoms with Crippen LogP contribution in [0.3, 0.4) is 0 Å². The molecule has 2 aromatic rings. The predicted molar refractivity (Wildman–Crippen MR) is 95.2 cm³/mol.